The van der Waals surface area contributed by atoms with Gasteiger partial charge in [-0.05, 0) is 62.4 Å². The SMILES string of the molecule is COc1ccc(OCCCN(C)CCCOc2ccc3c(c2)OCO3)c(C2Sc3ccccc3N(C)C2=O)c1. The van der Waals surface area contributed by atoms with E-state index in [1.165, 1.54) is 0 Å². The van der Waals surface area contributed by atoms with E-state index in [0.29, 0.717) is 24.7 Å². The Hall–Kier alpha value is -3.56. The highest BCUT2D eigenvalue weighted by molar-refractivity contribution is 8.00. The van der Waals surface area contributed by atoms with Crippen LogP contribution in [0.25, 0.3) is 0 Å². The minimum atomic E-state index is -0.401. The molecule has 1 amide bonds. The molecule has 0 fully saturated rings. The topological polar surface area (TPSA) is 69.7 Å². The molecular weight excluding hydrogens is 516 g/mol. The molecule has 1 unspecified atom stereocenters. The molecule has 0 saturated heterocycles. The summed E-state index contributed by atoms with van der Waals surface area (Å²) in [5.74, 6) is 3.72. The molecule has 2 heterocycles. The Kier molecular flexibility index (Phi) is 8.68. The molecule has 3 aromatic rings. The number of carbonyl (C=O) groups excluding carboxylic acids is 1. The molecule has 0 N–H and O–H groups in total. The van der Waals surface area contributed by atoms with Crippen LogP contribution in [0.5, 0.6) is 28.7 Å². The van der Waals surface area contributed by atoms with Gasteiger partial charge in [-0.15, -0.1) is 11.8 Å². The number of thioether (sulfide) groups is 1. The fourth-order valence-electron chi connectivity index (χ4n) is 4.61. The van der Waals surface area contributed by atoms with Crippen LogP contribution in [0.1, 0.15) is 23.7 Å². The number of benzene rings is 3. The Morgan fingerprint density at radius 2 is 1.69 bits per heavy atom. The van der Waals surface area contributed by atoms with Crippen LogP contribution >= 0.6 is 11.8 Å². The number of nitrogens with zero attached hydrogens (tertiary/aromatic N) is 2. The normalized spacial score (nSPS) is 15.8. The lowest BCUT2D eigenvalue weighted by Crippen LogP contribution is -2.33. The first-order valence-corrected chi connectivity index (χ1v) is 14.0. The summed E-state index contributed by atoms with van der Waals surface area (Å²) in [6.45, 7) is 3.24. The maximum Gasteiger partial charge on any atom is 0.244 e. The largest absolute Gasteiger partial charge is 0.497 e. The second-order valence-electron chi connectivity index (χ2n) is 9.49. The van der Waals surface area contributed by atoms with Crippen molar-refractivity contribution in [3.63, 3.8) is 0 Å². The molecule has 0 spiro atoms. The number of hydrogen-bond donors (Lipinski definition) is 0. The van der Waals surface area contributed by atoms with E-state index in [4.69, 9.17) is 23.7 Å². The highest BCUT2D eigenvalue weighted by Crippen LogP contribution is 2.48. The third-order valence-electron chi connectivity index (χ3n) is 6.76. The van der Waals surface area contributed by atoms with Crippen molar-refractivity contribution in [3.8, 4) is 28.7 Å². The van der Waals surface area contributed by atoms with Gasteiger partial charge in [0.05, 0.1) is 26.0 Å². The average Bonchev–Trinajstić information content (AvgIpc) is 3.43. The van der Waals surface area contributed by atoms with Gasteiger partial charge in [0.15, 0.2) is 11.5 Å². The molecule has 0 saturated carbocycles. The number of hydrogen-bond acceptors (Lipinski definition) is 8. The van der Waals surface area contributed by atoms with E-state index < -0.39 is 5.25 Å². The number of ether oxygens (including phenoxy) is 5. The zero-order valence-electron chi connectivity index (χ0n) is 22.6. The second kappa shape index (κ2) is 12.5. The van der Waals surface area contributed by atoms with Crippen LogP contribution < -0.4 is 28.6 Å². The Morgan fingerprint density at radius 1 is 0.949 bits per heavy atom. The fourth-order valence-corrected chi connectivity index (χ4v) is 5.92. The Bertz CT molecular complexity index is 1300. The molecule has 2 aliphatic rings. The zero-order chi connectivity index (χ0) is 27.2. The fraction of sp³-hybridized carbons (Fsp3) is 0.367. The molecule has 0 aliphatic carbocycles. The molecular formula is C30H34N2O6S. The minimum absolute atomic E-state index is 0.0273. The van der Waals surface area contributed by atoms with Gasteiger partial charge in [-0.3, -0.25) is 4.79 Å². The van der Waals surface area contributed by atoms with E-state index in [0.717, 1.165) is 59.3 Å². The molecule has 1 atom stereocenters. The first kappa shape index (κ1) is 27.0. The van der Waals surface area contributed by atoms with Gasteiger partial charge >= 0.3 is 0 Å². The van der Waals surface area contributed by atoms with Crippen molar-refractivity contribution >= 4 is 23.4 Å². The number of rotatable bonds is 12. The molecule has 0 bridgehead atoms. The van der Waals surface area contributed by atoms with Gasteiger partial charge in [-0.2, -0.15) is 0 Å². The smallest absolute Gasteiger partial charge is 0.244 e. The molecule has 8 nitrogen and oxygen atoms in total. The third kappa shape index (κ3) is 6.37. The van der Waals surface area contributed by atoms with Crippen molar-refractivity contribution in [2.24, 2.45) is 0 Å². The summed E-state index contributed by atoms with van der Waals surface area (Å²) in [5.41, 5.74) is 1.76. The Morgan fingerprint density at radius 3 is 2.51 bits per heavy atom. The van der Waals surface area contributed by atoms with E-state index in [1.807, 2.05) is 67.7 Å². The number of anilines is 1. The summed E-state index contributed by atoms with van der Waals surface area (Å²) >= 11 is 1.55. The van der Waals surface area contributed by atoms with E-state index in [9.17, 15) is 4.79 Å². The summed E-state index contributed by atoms with van der Waals surface area (Å²) in [4.78, 5) is 18.4. The number of para-hydroxylation sites is 1. The first-order valence-electron chi connectivity index (χ1n) is 13.1. The average molecular weight is 551 g/mol. The van der Waals surface area contributed by atoms with Gasteiger partial charge < -0.3 is 33.5 Å². The number of amides is 1. The lowest BCUT2D eigenvalue weighted by molar-refractivity contribution is -0.118. The second-order valence-corrected chi connectivity index (χ2v) is 10.6. The molecule has 0 radical (unpaired) electrons. The van der Waals surface area contributed by atoms with Crippen LogP contribution in [0.2, 0.25) is 0 Å². The van der Waals surface area contributed by atoms with Crippen molar-refractivity contribution in [3.05, 3.63) is 66.2 Å². The van der Waals surface area contributed by atoms with Crippen LogP contribution in [-0.4, -0.2) is 65.1 Å². The van der Waals surface area contributed by atoms with Gasteiger partial charge in [0.25, 0.3) is 0 Å². The molecule has 9 heteroatoms. The third-order valence-corrected chi connectivity index (χ3v) is 8.05. The molecule has 0 aromatic heterocycles. The van der Waals surface area contributed by atoms with Gasteiger partial charge in [0, 0.05) is 36.7 Å². The van der Waals surface area contributed by atoms with Crippen LogP contribution in [-0.2, 0) is 4.79 Å². The molecule has 39 heavy (non-hydrogen) atoms. The van der Waals surface area contributed by atoms with Gasteiger partial charge in [-0.1, -0.05) is 12.1 Å². The van der Waals surface area contributed by atoms with Crippen LogP contribution in [0.3, 0.4) is 0 Å². The lowest BCUT2D eigenvalue weighted by atomic mass is 10.1. The van der Waals surface area contributed by atoms with Gasteiger partial charge in [0.1, 0.15) is 22.5 Å². The van der Waals surface area contributed by atoms with Crippen molar-refractivity contribution in [2.75, 3.05) is 59.2 Å². The Balaban J connectivity index is 1.10. The summed E-state index contributed by atoms with van der Waals surface area (Å²) in [5, 5.41) is -0.401. The summed E-state index contributed by atoms with van der Waals surface area (Å²) in [6, 6.07) is 19.3. The van der Waals surface area contributed by atoms with Gasteiger partial charge in [-0.25, -0.2) is 0 Å². The van der Waals surface area contributed by atoms with Crippen LogP contribution in [0.4, 0.5) is 5.69 Å². The predicted molar refractivity (Wildman–Crippen MR) is 152 cm³/mol. The standard InChI is InChI=1S/C30H34N2O6S/c1-31(14-6-16-35-22-11-13-26-27(19-22)38-20-37-26)15-7-17-36-25-12-10-21(34-3)18-23(25)29-30(33)32(2)24-8-4-5-9-28(24)39-29/h4-5,8-13,18-19,29H,6-7,14-17,20H2,1-3H3. The first-order chi connectivity index (χ1) is 19.0. The zero-order valence-corrected chi connectivity index (χ0v) is 23.4. The van der Waals surface area contributed by atoms with Crippen molar-refractivity contribution in [1.82, 2.24) is 4.90 Å². The van der Waals surface area contributed by atoms with E-state index in [1.54, 1.807) is 23.8 Å². The molecule has 3 aromatic carbocycles. The number of methoxy groups -OCH3 is 1. The van der Waals surface area contributed by atoms with Crippen LogP contribution in [0.15, 0.2) is 65.6 Å². The highest BCUT2D eigenvalue weighted by Gasteiger charge is 2.34. The maximum atomic E-state index is 13.3. The maximum absolute atomic E-state index is 13.3. The lowest BCUT2D eigenvalue weighted by Gasteiger charge is -2.32. The van der Waals surface area contributed by atoms with Crippen molar-refractivity contribution in [2.45, 2.75) is 23.0 Å². The summed E-state index contributed by atoms with van der Waals surface area (Å²) in [6.07, 6.45) is 1.77. The summed E-state index contributed by atoms with van der Waals surface area (Å²) in [7, 11) is 5.56. The van der Waals surface area contributed by atoms with Crippen molar-refractivity contribution in [1.29, 1.82) is 0 Å². The van der Waals surface area contributed by atoms with Crippen molar-refractivity contribution < 1.29 is 28.5 Å². The van der Waals surface area contributed by atoms with Gasteiger partial charge in [0.2, 0.25) is 12.7 Å². The van der Waals surface area contributed by atoms with E-state index in [2.05, 4.69) is 11.9 Å². The van der Waals surface area contributed by atoms with Crippen LogP contribution in [0, 0.1) is 0 Å². The quantitative estimate of drug-likeness (QED) is 0.278. The number of carbonyl (C=O) groups is 1. The number of fused-ring (bicyclic) bond motifs is 2. The minimum Gasteiger partial charge on any atom is -0.497 e. The monoisotopic (exact) mass is 550 g/mol. The van der Waals surface area contributed by atoms with E-state index in [-0.39, 0.29) is 12.7 Å². The highest BCUT2D eigenvalue weighted by atomic mass is 32.2. The Labute approximate surface area is 233 Å². The molecule has 2 aliphatic heterocycles. The van der Waals surface area contributed by atoms with E-state index >= 15 is 0 Å². The molecule has 5 rings (SSSR count). The molecule has 206 valence electrons. The number of likely N-dealkylation sites (N-methyl/N-ethyl adjacent to an activating group) is 1. The predicted octanol–water partition coefficient (Wildman–Crippen LogP) is 5.40. The summed E-state index contributed by atoms with van der Waals surface area (Å²) < 4.78 is 28.3.